The van der Waals surface area contributed by atoms with Crippen molar-refractivity contribution in [3.05, 3.63) is 0 Å². The first-order valence-corrected chi connectivity index (χ1v) is 3.76. The summed E-state index contributed by atoms with van der Waals surface area (Å²) in [5, 5.41) is 2.36. The molecule has 5 heteroatoms. The summed E-state index contributed by atoms with van der Waals surface area (Å²) in [6, 6.07) is -0.676. The van der Waals surface area contributed by atoms with Gasteiger partial charge < -0.3 is 5.32 Å². The van der Waals surface area contributed by atoms with Crippen LogP contribution in [-0.2, 0) is 4.79 Å². The number of hydrogen-bond acceptors (Lipinski definition) is 2. The van der Waals surface area contributed by atoms with Crippen LogP contribution < -0.4 is 5.32 Å². The van der Waals surface area contributed by atoms with Crippen LogP contribution in [0.2, 0.25) is 0 Å². The molecule has 12 heavy (non-hydrogen) atoms. The number of rotatable bonds is 1. The Morgan fingerprint density at radius 1 is 1.67 bits per heavy atom. The molecule has 0 bridgehead atoms. The Bertz CT molecular complexity index is 196. The van der Waals surface area contributed by atoms with Crippen LogP contribution >= 0.6 is 0 Å². The van der Waals surface area contributed by atoms with Crippen LogP contribution in [0.4, 0.5) is 8.78 Å². The molecule has 1 unspecified atom stereocenters. The van der Waals surface area contributed by atoms with E-state index in [1.807, 2.05) is 0 Å². The van der Waals surface area contributed by atoms with E-state index >= 15 is 0 Å². The van der Waals surface area contributed by atoms with E-state index < -0.39 is 12.0 Å². The van der Waals surface area contributed by atoms with Crippen LogP contribution in [0.15, 0.2) is 0 Å². The molecule has 1 aliphatic heterocycles. The van der Waals surface area contributed by atoms with Gasteiger partial charge in [-0.25, -0.2) is 8.78 Å². The summed E-state index contributed by atoms with van der Waals surface area (Å²) in [5.74, 6) is -3.05. The minimum Gasteiger partial charge on any atom is -0.358 e. The maximum absolute atomic E-state index is 12.7. The predicted molar refractivity (Wildman–Crippen MR) is 40.0 cm³/mol. The Morgan fingerprint density at radius 3 is 2.58 bits per heavy atom. The highest BCUT2D eigenvalue weighted by Gasteiger charge is 2.45. The zero-order valence-corrected chi connectivity index (χ0v) is 7.10. The molecular formula is C7H12F2N2O. The van der Waals surface area contributed by atoms with E-state index in [0.29, 0.717) is 0 Å². The van der Waals surface area contributed by atoms with Crippen molar-refractivity contribution in [3.8, 4) is 0 Å². The van der Waals surface area contributed by atoms with Crippen molar-refractivity contribution in [2.45, 2.75) is 18.4 Å². The molecular weight excluding hydrogens is 166 g/mol. The van der Waals surface area contributed by atoms with Crippen LogP contribution in [0.25, 0.3) is 0 Å². The van der Waals surface area contributed by atoms with Gasteiger partial charge in [0, 0.05) is 13.5 Å². The fraction of sp³-hybridized carbons (Fsp3) is 0.857. The normalized spacial score (nSPS) is 28.8. The minimum absolute atomic E-state index is 0.328. The zero-order valence-electron chi connectivity index (χ0n) is 7.10. The molecule has 0 aromatic rings. The van der Waals surface area contributed by atoms with Crippen molar-refractivity contribution in [3.63, 3.8) is 0 Å². The smallest absolute Gasteiger partial charge is 0.262 e. The first kappa shape index (κ1) is 9.38. The third-order valence-corrected chi connectivity index (χ3v) is 2.05. The fourth-order valence-corrected chi connectivity index (χ4v) is 1.44. The molecule has 0 spiro atoms. The largest absolute Gasteiger partial charge is 0.358 e. The van der Waals surface area contributed by atoms with Crippen LogP contribution in [0.1, 0.15) is 6.42 Å². The zero-order chi connectivity index (χ0) is 9.35. The summed E-state index contributed by atoms with van der Waals surface area (Å²) in [5.41, 5.74) is 0. The number of nitrogens with one attached hydrogen (secondary N) is 1. The summed E-state index contributed by atoms with van der Waals surface area (Å²) < 4.78 is 25.4. The second-order valence-corrected chi connectivity index (χ2v) is 3.11. The summed E-state index contributed by atoms with van der Waals surface area (Å²) in [4.78, 5) is 12.4. The fourth-order valence-electron chi connectivity index (χ4n) is 1.44. The third-order valence-electron chi connectivity index (χ3n) is 2.05. The molecule has 0 aliphatic carbocycles. The van der Waals surface area contributed by atoms with E-state index in [4.69, 9.17) is 0 Å². The van der Waals surface area contributed by atoms with Gasteiger partial charge in [0.05, 0.1) is 12.6 Å². The van der Waals surface area contributed by atoms with Crippen molar-refractivity contribution < 1.29 is 13.6 Å². The van der Waals surface area contributed by atoms with Crippen molar-refractivity contribution in [2.75, 3.05) is 20.6 Å². The maximum atomic E-state index is 12.7. The van der Waals surface area contributed by atoms with E-state index in [1.54, 1.807) is 0 Å². The van der Waals surface area contributed by atoms with E-state index in [1.165, 1.54) is 19.0 Å². The molecule has 1 rings (SSSR count). The van der Waals surface area contributed by atoms with Crippen LogP contribution in [0.3, 0.4) is 0 Å². The summed E-state index contributed by atoms with van der Waals surface area (Å²) in [6.45, 7) is -0.328. The highest BCUT2D eigenvalue weighted by molar-refractivity contribution is 5.81. The van der Waals surface area contributed by atoms with Gasteiger partial charge in [-0.2, -0.15) is 0 Å². The van der Waals surface area contributed by atoms with Crippen molar-refractivity contribution >= 4 is 5.91 Å². The van der Waals surface area contributed by atoms with Gasteiger partial charge >= 0.3 is 0 Å². The van der Waals surface area contributed by atoms with Gasteiger partial charge in [-0.15, -0.1) is 0 Å². The maximum Gasteiger partial charge on any atom is 0.262 e. The average molecular weight is 178 g/mol. The lowest BCUT2D eigenvalue weighted by Gasteiger charge is -2.15. The Labute approximate surface area is 69.7 Å². The summed E-state index contributed by atoms with van der Waals surface area (Å²) >= 11 is 0. The second-order valence-electron chi connectivity index (χ2n) is 3.11. The Balaban J connectivity index is 2.64. The average Bonchev–Trinajstić information content (AvgIpc) is 2.23. The third kappa shape index (κ3) is 1.72. The molecule has 1 saturated heterocycles. The number of amides is 1. The lowest BCUT2D eigenvalue weighted by atomic mass is 10.2. The molecule has 0 saturated carbocycles. The van der Waals surface area contributed by atoms with E-state index in [-0.39, 0.29) is 18.9 Å². The monoisotopic (exact) mass is 178 g/mol. The van der Waals surface area contributed by atoms with E-state index in [0.717, 1.165) is 0 Å². The van der Waals surface area contributed by atoms with Gasteiger partial charge in [0.15, 0.2) is 0 Å². The van der Waals surface area contributed by atoms with Gasteiger partial charge in [-0.1, -0.05) is 0 Å². The number of carbonyl (C=O) groups is 1. The van der Waals surface area contributed by atoms with Gasteiger partial charge in [0.1, 0.15) is 0 Å². The highest BCUT2D eigenvalue weighted by Crippen LogP contribution is 2.30. The standard InChI is InChI=1S/C7H12F2N2O/c1-10-6(12)5-3-7(8,9)4-11(5)2/h5H,3-4H2,1-2H3,(H,10,12). The molecule has 0 radical (unpaired) electrons. The summed E-state index contributed by atoms with van der Waals surface area (Å²) in [6.07, 6.45) is -0.372. The molecule has 1 aliphatic rings. The van der Waals surface area contributed by atoms with Gasteiger partial charge in [-0.3, -0.25) is 9.69 Å². The number of nitrogens with zero attached hydrogens (tertiary/aromatic N) is 1. The number of halogens is 2. The number of hydrogen-bond donors (Lipinski definition) is 1. The lowest BCUT2D eigenvalue weighted by molar-refractivity contribution is -0.124. The van der Waals surface area contributed by atoms with Crippen molar-refractivity contribution in [1.82, 2.24) is 10.2 Å². The number of likely N-dealkylation sites (tertiary alicyclic amines) is 1. The van der Waals surface area contributed by atoms with Crippen LogP contribution in [-0.4, -0.2) is 43.4 Å². The van der Waals surface area contributed by atoms with Gasteiger partial charge in [0.25, 0.3) is 5.92 Å². The molecule has 1 N–H and O–H groups in total. The Kier molecular flexibility index (Phi) is 2.32. The molecule has 70 valence electrons. The Morgan fingerprint density at radius 2 is 2.25 bits per heavy atom. The highest BCUT2D eigenvalue weighted by atomic mass is 19.3. The van der Waals surface area contributed by atoms with Crippen molar-refractivity contribution in [2.24, 2.45) is 0 Å². The van der Waals surface area contributed by atoms with E-state index in [2.05, 4.69) is 5.32 Å². The van der Waals surface area contributed by atoms with Crippen molar-refractivity contribution in [1.29, 1.82) is 0 Å². The first-order chi connectivity index (χ1) is 5.46. The minimum atomic E-state index is -2.72. The molecule has 0 aromatic carbocycles. The van der Waals surface area contributed by atoms with Gasteiger partial charge in [-0.05, 0) is 7.05 Å². The SMILES string of the molecule is CNC(=O)C1CC(F)(F)CN1C. The molecule has 1 heterocycles. The van der Waals surface area contributed by atoms with Crippen LogP contribution in [0, 0.1) is 0 Å². The molecule has 3 nitrogen and oxygen atoms in total. The topological polar surface area (TPSA) is 32.3 Å². The number of carbonyl (C=O) groups excluding carboxylic acids is 1. The quantitative estimate of drug-likeness (QED) is 0.616. The molecule has 1 amide bonds. The lowest BCUT2D eigenvalue weighted by Crippen LogP contribution is -2.39. The summed E-state index contributed by atoms with van der Waals surface area (Å²) in [7, 11) is 2.98. The Hall–Kier alpha value is -0.710. The predicted octanol–water partition coefficient (Wildman–Crippen LogP) is 0.0718. The van der Waals surface area contributed by atoms with E-state index in [9.17, 15) is 13.6 Å². The molecule has 0 aromatic heterocycles. The number of likely N-dealkylation sites (N-methyl/N-ethyl adjacent to an activating group) is 2. The number of alkyl halides is 2. The molecule has 1 atom stereocenters. The first-order valence-electron chi connectivity index (χ1n) is 3.76. The molecule has 1 fully saturated rings. The van der Waals surface area contributed by atoms with Gasteiger partial charge in [0.2, 0.25) is 5.91 Å². The van der Waals surface area contributed by atoms with Crippen LogP contribution in [0.5, 0.6) is 0 Å². The second kappa shape index (κ2) is 2.97.